The lowest BCUT2D eigenvalue weighted by Crippen LogP contribution is -2.50. The summed E-state index contributed by atoms with van der Waals surface area (Å²) in [6, 6.07) is 15.5. The van der Waals surface area contributed by atoms with E-state index >= 15 is 0 Å². The van der Waals surface area contributed by atoms with Crippen molar-refractivity contribution in [3.8, 4) is 0 Å². The zero-order valence-electron chi connectivity index (χ0n) is 18.4. The number of amides is 1. The quantitative estimate of drug-likeness (QED) is 0.717. The zero-order chi connectivity index (χ0) is 22.4. The molecule has 1 aliphatic rings. The highest BCUT2D eigenvalue weighted by Crippen LogP contribution is 2.17. The van der Waals surface area contributed by atoms with E-state index in [1.54, 1.807) is 6.08 Å². The number of benzene rings is 2. The molecule has 1 amide bonds. The molecule has 1 saturated heterocycles. The molecule has 166 valence electrons. The van der Waals surface area contributed by atoms with Crippen LogP contribution in [0.25, 0.3) is 6.08 Å². The average Bonchev–Trinajstić information content (AvgIpc) is 2.75. The van der Waals surface area contributed by atoms with Gasteiger partial charge in [-0.25, -0.2) is 8.42 Å². The lowest BCUT2D eigenvalue weighted by Gasteiger charge is -2.33. The maximum Gasteiger partial charge on any atom is 0.236 e. The Hall–Kier alpha value is -2.48. The first-order chi connectivity index (χ1) is 14.7. The third-order valence-electron chi connectivity index (χ3n) is 5.70. The molecule has 1 fully saturated rings. The molecule has 0 radical (unpaired) electrons. The van der Waals surface area contributed by atoms with Crippen LogP contribution in [0.4, 0.5) is 0 Å². The molecule has 0 aliphatic carbocycles. The third-order valence-corrected chi connectivity index (χ3v) is 7.26. The van der Waals surface area contributed by atoms with Crippen molar-refractivity contribution in [3.63, 3.8) is 0 Å². The SMILES string of the molecule is Cc1ccc(C(C)NC(=O)CN2CCN(S(=O)(=O)/C=C/c3ccccc3)CC2)cc1C. The lowest BCUT2D eigenvalue weighted by molar-refractivity contribution is -0.123. The Morgan fingerprint density at radius 3 is 2.35 bits per heavy atom. The highest BCUT2D eigenvalue weighted by atomic mass is 32.2. The van der Waals surface area contributed by atoms with Crippen LogP contribution in [-0.2, 0) is 14.8 Å². The van der Waals surface area contributed by atoms with Gasteiger partial charge in [-0.3, -0.25) is 9.69 Å². The summed E-state index contributed by atoms with van der Waals surface area (Å²) in [4.78, 5) is 14.5. The van der Waals surface area contributed by atoms with E-state index in [1.165, 1.54) is 20.8 Å². The molecule has 0 spiro atoms. The van der Waals surface area contributed by atoms with Gasteiger partial charge in [0.25, 0.3) is 0 Å². The summed E-state index contributed by atoms with van der Waals surface area (Å²) in [5.41, 5.74) is 4.36. The fourth-order valence-corrected chi connectivity index (χ4v) is 4.74. The number of hydrogen-bond acceptors (Lipinski definition) is 4. The molecule has 31 heavy (non-hydrogen) atoms. The van der Waals surface area contributed by atoms with Gasteiger partial charge in [0.15, 0.2) is 0 Å². The van der Waals surface area contributed by atoms with Crippen molar-refractivity contribution in [2.24, 2.45) is 0 Å². The number of carbonyl (C=O) groups is 1. The van der Waals surface area contributed by atoms with Crippen LogP contribution in [0.3, 0.4) is 0 Å². The van der Waals surface area contributed by atoms with E-state index in [0.29, 0.717) is 26.2 Å². The molecule has 1 heterocycles. The summed E-state index contributed by atoms with van der Waals surface area (Å²) < 4.78 is 26.6. The largest absolute Gasteiger partial charge is 0.348 e. The van der Waals surface area contributed by atoms with Gasteiger partial charge in [-0.2, -0.15) is 4.31 Å². The van der Waals surface area contributed by atoms with Crippen molar-refractivity contribution in [1.82, 2.24) is 14.5 Å². The van der Waals surface area contributed by atoms with E-state index in [2.05, 4.69) is 31.3 Å². The maximum absolute atomic E-state index is 12.6. The summed E-state index contributed by atoms with van der Waals surface area (Å²) in [5, 5.41) is 4.31. The zero-order valence-corrected chi connectivity index (χ0v) is 19.2. The number of nitrogens with zero attached hydrogens (tertiary/aromatic N) is 2. The van der Waals surface area contributed by atoms with E-state index in [-0.39, 0.29) is 18.5 Å². The van der Waals surface area contributed by atoms with Gasteiger partial charge < -0.3 is 5.32 Å². The number of piperazine rings is 1. The number of hydrogen-bond donors (Lipinski definition) is 1. The Labute approximate surface area is 185 Å². The molecule has 1 aliphatic heterocycles. The second-order valence-corrected chi connectivity index (χ2v) is 9.88. The minimum absolute atomic E-state index is 0.0500. The van der Waals surface area contributed by atoms with Gasteiger partial charge in [-0.05, 0) is 49.1 Å². The minimum atomic E-state index is -3.47. The molecular formula is C24H31N3O3S. The van der Waals surface area contributed by atoms with Crippen LogP contribution in [0.2, 0.25) is 0 Å². The highest BCUT2D eigenvalue weighted by molar-refractivity contribution is 7.92. The molecule has 2 aromatic carbocycles. The lowest BCUT2D eigenvalue weighted by atomic mass is 10.0. The number of nitrogens with one attached hydrogen (secondary N) is 1. The van der Waals surface area contributed by atoms with Gasteiger partial charge in [0.1, 0.15) is 0 Å². The Morgan fingerprint density at radius 2 is 1.71 bits per heavy atom. The summed E-state index contributed by atoms with van der Waals surface area (Å²) in [7, 11) is -3.47. The third kappa shape index (κ3) is 6.50. The molecule has 1 N–H and O–H groups in total. The summed E-state index contributed by atoms with van der Waals surface area (Å²) >= 11 is 0. The standard InChI is InChI=1S/C24H31N3O3S/c1-19-9-10-23(17-20(19)2)21(3)25-24(28)18-26-12-14-27(15-13-26)31(29,30)16-11-22-7-5-4-6-8-22/h4-11,16-17,21H,12-15,18H2,1-3H3,(H,25,28)/b16-11+. The normalized spacial score (nSPS) is 17.0. The van der Waals surface area contributed by atoms with Gasteiger partial charge in [-0.1, -0.05) is 48.5 Å². The molecule has 6 nitrogen and oxygen atoms in total. The van der Waals surface area contributed by atoms with Crippen LogP contribution in [0.1, 0.15) is 35.2 Å². The predicted molar refractivity (Wildman–Crippen MR) is 125 cm³/mol. The van der Waals surface area contributed by atoms with E-state index < -0.39 is 10.0 Å². The highest BCUT2D eigenvalue weighted by Gasteiger charge is 2.26. The van der Waals surface area contributed by atoms with Gasteiger partial charge in [0, 0.05) is 31.6 Å². The van der Waals surface area contributed by atoms with Crippen molar-refractivity contribution in [2.45, 2.75) is 26.8 Å². The summed E-state index contributed by atoms with van der Waals surface area (Å²) in [6.07, 6.45) is 1.61. The maximum atomic E-state index is 12.6. The molecule has 0 bridgehead atoms. The van der Waals surface area contributed by atoms with Crippen LogP contribution >= 0.6 is 0 Å². The molecular weight excluding hydrogens is 410 g/mol. The van der Waals surface area contributed by atoms with Gasteiger partial charge in [0.2, 0.25) is 15.9 Å². The van der Waals surface area contributed by atoms with Crippen LogP contribution in [0.5, 0.6) is 0 Å². The summed E-state index contributed by atoms with van der Waals surface area (Å²) in [6.45, 7) is 8.20. The van der Waals surface area contributed by atoms with Crippen molar-refractivity contribution in [3.05, 3.63) is 76.2 Å². The first kappa shape index (κ1) is 23.2. The van der Waals surface area contributed by atoms with Crippen LogP contribution in [0.15, 0.2) is 53.9 Å². The fourth-order valence-electron chi connectivity index (χ4n) is 3.56. The number of aryl methyl sites for hydroxylation is 2. The molecule has 7 heteroatoms. The number of rotatable bonds is 7. The van der Waals surface area contributed by atoms with Gasteiger partial charge in [0.05, 0.1) is 12.6 Å². The molecule has 1 atom stereocenters. The smallest absolute Gasteiger partial charge is 0.236 e. The predicted octanol–water partition coefficient (Wildman–Crippen LogP) is 3.10. The Bertz CT molecular complexity index is 1030. The monoisotopic (exact) mass is 441 g/mol. The fraction of sp³-hybridized carbons (Fsp3) is 0.375. The van der Waals surface area contributed by atoms with Crippen molar-refractivity contribution < 1.29 is 13.2 Å². The Morgan fingerprint density at radius 1 is 1.03 bits per heavy atom. The Balaban J connectivity index is 1.48. The van der Waals surface area contributed by atoms with Gasteiger partial charge in [-0.15, -0.1) is 0 Å². The molecule has 1 unspecified atom stereocenters. The van der Waals surface area contributed by atoms with E-state index in [4.69, 9.17) is 0 Å². The van der Waals surface area contributed by atoms with E-state index in [1.807, 2.05) is 48.2 Å². The topological polar surface area (TPSA) is 69.7 Å². The van der Waals surface area contributed by atoms with Crippen molar-refractivity contribution in [1.29, 1.82) is 0 Å². The second-order valence-electron chi connectivity index (χ2n) is 8.07. The van der Waals surface area contributed by atoms with E-state index in [0.717, 1.165) is 11.1 Å². The van der Waals surface area contributed by atoms with Crippen LogP contribution in [-0.4, -0.2) is 56.3 Å². The van der Waals surface area contributed by atoms with Gasteiger partial charge >= 0.3 is 0 Å². The first-order valence-electron chi connectivity index (χ1n) is 10.6. The summed E-state index contributed by atoms with van der Waals surface area (Å²) in [5.74, 6) is -0.0500. The van der Waals surface area contributed by atoms with Crippen LogP contribution < -0.4 is 5.32 Å². The molecule has 2 aromatic rings. The van der Waals surface area contributed by atoms with Crippen molar-refractivity contribution in [2.75, 3.05) is 32.7 Å². The average molecular weight is 442 g/mol. The molecule has 3 rings (SSSR count). The van der Waals surface area contributed by atoms with Crippen LogP contribution in [0, 0.1) is 13.8 Å². The first-order valence-corrected chi connectivity index (χ1v) is 12.1. The molecule has 0 aromatic heterocycles. The van der Waals surface area contributed by atoms with Crippen molar-refractivity contribution >= 4 is 22.0 Å². The molecule has 0 saturated carbocycles. The second kappa shape index (κ2) is 10.2. The van der Waals surface area contributed by atoms with E-state index in [9.17, 15) is 13.2 Å². The number of sulfonamides is 1. The minimum Gasteiger partial charge on any atom is -0.348 e. The Kier molecular flexibility index (Phi) is 7.64. The number of carbonyl (C=O) groups excluding carboxylic acids is 1.